The molecule has 0 fully saturated rings. The molecule has 0 atom stereocenters. The van der Waals surface area contributed by atoms with Gasteiger partial charge in [0.2, 0.25) is 5.91 Å². The first-order chi connectivity index (χ1) is 13.7. The number of hydrogen-bond acceptors (Lipinski definition) is 3. The number of benzene rings is 2. The van der Waals surface area contributed by atoms with Crippen LogP contribution in [0.25, 0.3) is 6.08 Å². The molecule has 0 aliphatic heterocycles. The van der Waals surface area contributed by atoms with Crippen molar-refractivity contribution in [3.63, 3.8) is 0 Å². The summed E-state index contributed by atoms with van der Waals surface area (Å²) in [6, 6.07) is 14.7. The van der Waals surface area contributed by atoms with Crippen LogP contribution in [0.4, 0.5) is 4.39 Å². The molecule has 0 unspecified atom stereocenters. The van der Waals surface area contributed by atoms with Crippen molar-refractivity contribution < 1.29 is 13.9 Å². The number of hydrogen-bond donors (Lipinski definition) is 1. The predicted molar refractivity (Wildman–Crippen MR) is 106 cm³/mol. The lowest BCUT2D eigenvalue weighted by molar-refractivity contribution is -0.116. The highest BCUT2D eigenvalue weighted by Gasteiger charge is 2.05. The van der Waals surface area contributed by atoms with Crippen LogP contribution < -0.4 is 10.1 Å². The fourth-order valence-electron chi connectivity index (χ4n) is 2.81. The van der Waals surface area contributed by atoms with Crippen LogP contribution in [-0.4, -0.2) is 29.1 Å². The molecule has 0 saturated carbocycles. The van der Waals surface area contributed by atoms with Crippen molar-refractivity contribution >= 4 is 12.0 Å². The topological polar surface area (TPSA) is 56.1 Å². The average molecular weight is 379 g/mol. The zero-order valence-corrected chi connectivity index (χ0v) is 15.6. The lowest BCUT2D eigenvalue weighted by atomic mass is 10.2. The standard InChI is InChI=1S/C22H22FN3O2/c1-28-20-9-7-17(15-19(20)23)8-10-22(27)25-12-11-21-24-13-14-26(21)16-18-5-3-2-4-6-18/h2-10,13-15H,11-12,16H2,1H3,(H,25,27)/b10-8+. The van der Waals surface area contributed by atoms with Gasteiger partial charge in [0.1, 0.15) is 5.82 Å². The highest BCUT2D eigenvalue weighted by Crippen LogP contribution is 2.18. The summed E-state index contributed by atoms with van der Waals surface area (Å²) in [5.41, 5.74) is 1.78. The summed E-state index contributed by atoms with van der Waals surface area (Å²) in [5.74, 6) is 0.380. The summed E-state index contributed by atoms with van der Waals surface area (Å²) in [5, 5.41) is 2.82. The number of methoxy groups -OCH3 is 1. The third-order valence-corrected chi connectivity index (χ3v) is 4.25. The van der Waals surface area contributed by atoms with Gasteiger partial charge >= 0.3 is 0 Å². The average Bonchev–Trinajstić information content (AvgIpc) is 3.14. The molecule has 1 N–H and O–H groups in total. The van der Waals surface area contributed by atoms with Gasteiger partial charge in [-0.1, -0.05) is 36.4 Å². The van der Waals surface area contributed by atoms with Crippen molar-refractivity contribution in [3.05, 3.63) is 89.8 Å². The lowest BCUT2D eigenvalue weighted by Gasteiger charge is -2.08. The number of halogens is 1. The maximum atomic E-state index is 13.7. The summed E-state index contributed by atoms with van der Waals surface area (Å²) in [7, 11) is 1.41. The Morgan fingerprint density at radius 3 is 2.82 bits per heavy atom. The Labute approximate surface area is 163 Å². The van der Waals surface area contributed by atoms with E-state index in [4.69, 9.17) is 4.74 Å². The third-order valence-electron chi connectivity index (χ3n) is 4.25. The molecule has 3 rings (SSSR count). The van der Waals surface area contributed by atoms with E-state index in [1.54, 1.807) is 18.3 Å². The quantitative estimate of drug-likeness (QED) is 0.610. The minimum atomic E-state index is -0.463. The molecule has 6 heteroatoms. The number of imidazole rings is 1. The number of aromatic nitrogens is 2. The highest BCUT2D eigenvalue weighted by atomic mass is 19.1. The van der Waals surface area contributed by atoms with E-state index in [0.29, 0.717) is 18.5 Å². The molecule has 2 aromatic carbocycles. The molecule has 0 aliphatic rings. The number of rotatable bonds is 8. The van der Waals surface area contributed by atoms with Gasteiger partial charge in [-0.25, -0.2) is 9.37 Å². The van der Waals surface area contributed by atoms with Crippen LogP contribution in [-0.2, 0) is 17.8 Å². The van der Waals surface area contributed by atoms with Crippen LogP contribution in [0, 0.1) is 5.82 Å². The van der Waals surface area contributed by atoms with Gasteiger partial charge in [0.25, 0.3) is 0 Å². The minimum Gasteiger partial charge on any atom is -0.494 e. The first-order valence-electron chi connectivity index (χ1n) is 8.99. The van der Waals surface area contributed by atoms with Crippen LogP contribution in [0.2, 0.25) is 0 Å². The molecule has 1 heterocycles. The Balaban J connectivity index is 1.49. The van der Waals surface area contributed by atoms with Gasteiger partial charge in [0.05, 0.1) is 7.11 Å². The molecule has 5 nitrogen and oxygen atoms in total. The molecule has 0 bridgehead atoms. The van der Waals surface area contributed by atoms with Gasteiger partial charge in [-0.3, -0.25) is 4.79 Å². The summed E-state index contributed by atoms with van der Waals surface area (Å²) in [6.07, 6.45) is 7.27. The van der Waals surface area contributed by atoms with Crippen molar-refractivity contribution in [2.75, 3.05) is 13.7 Å². The van der Waals surface area contributed by atoms with E-state index in [-0.39, 0.29) is 11.7 Å². The van der Waals surface area contributed by atoms with E-state index >= 15 is 0 Å². The summed E-state index contributed by atoms with van der Waals surface area (Å²) >= 11 is 0. The zero-order valence-electron chi connectivity index (χ0n) is 15.6. The monoisotopic (exact) mass is 379 g/mol. The minimum absolute atomic E-state index is 0.174. The fraction of sp³-hybridized carbons (Fsp3) is 0.182. The Kier molecular flexibility index (Phi) is 6.57. The van der Waals surface area contributed by atoms with Crippen molar-refractivity contribution in [2.24, 2.45) is 0 Å². The van der Waals surface area contributed by atoms with E-state index in [1.165, 1.54) is 30.9 Å². The lowest BCUT2D eigenvalue weighted by Crippen LogP contribution is -2.24. The number of nitrogens with zero attached hydrogens (tertiary/aromatic N) is 2. The van der Waals surface area contributed by atoms with E-state index in [0.717, 1.165) is 12.4 Å². The van der Waals surface area contributed by atoms with Crippen LogP contribution in [0.15, 0.2) is 67.0 Å². The summed E-state index contributed by atoms with van der Waals surface area (Å²) in [6.45, 7) is 1.21. The molecule has 3 aromatic rings. The van der Waals surface area contributed by atoms with Crippen LogP contribution in [0.1, 0.15) is 17.0 Å². The second kappa shape index (κ2) is 9.50. The molecule has 28 heavy (non-hydrogen) atoms. The van der Waals surface area contributed by atoms with Crippen molar-refractivity contribution in [1.82, 2.24) is 14.9 Å². The molecular weight excluding hydrogens is 357 g/mol. The van der Waals surface area contributed by atoms with E-state index in [9.17, 15) is 9.18 Å². The normalized spacial score (nSPS) is 10.9. The molecule has 1 amide bonds. The molecule has 1 aromatic heterocycles. The molecule has 0 saturated heterocycles. The van der Waals surface area contributed by atoms with Gasteiger partial charge in [0.15, 0.2) is 11.6 Å². The first kappa shape index (κ1) is 19.4. The van der Waals surface area contributed by atoms with Crippen molar-refractivity contribution in [3.8, 4) is 5.75 Å². The van der Waals surface area contributed by atoms with Gasteiger partial charge in [0, 0.05) is 38.0 Å². The molecule has 0 spiro atoms. The molecule has 0 aliphatic carbocycles. The summed E-state index contributed by atoms with van der Waals surface area (Å²) in [4.78, 5) is 16.4. The van der Waals surface area contributed by atoms with Crippen LogP contribution in [0.3, 0.4) is 0 Å². The number of nitrogens with one attached hydrogen (secondary N) is 1. The van der Waals surface area contributed by atoms with E-state index in [2.05, 4.69) is 27.0 Å². The Morgan fingerprint density at radius 2 is 2.07 bits per heavy atom. The van der Waals surface area contributed by atoms with Gasteiger partial charge < -0.3 is 14.6 Å². The van der Waals surface area contributed by atoms with Crippen molar-refractivity contribution in [2.45, 2.75) is 13.0 Å². The van der Waals surface area contributed by atoms with Gasteiger partial charge in [-0.2, -0.15) is 0 Å². The van der Waals surface area contributed by atoms with E-state index in [1.807, 2.05) is 24.4 Å². The first-order valence-corrected chi connectivity index (χ1v) is 8.99. The third kappa shape index (κ3) is 5.30. The molecule has 0 radical (unpaired) electrons. The van der Waals surface area contributed by atoms with Gasteiger partial charge in [-0.15, -0.1) is 0 Å². The maximum absolute atomic E-state index is 13.7. The number of amides is 1. The number of ether oxygens (including phenoxy) is 1. The Hall–Kier alpha value is -3.41. The number of carbonyl (C=O) groups excluding carboxylic acids is 1. The van der Waals surface area contributed by atoms with Crippen LogP contribution in [0.5, 0.6) is 5.75 Å². The molecule has 144 valence electrons. The predicted octanol–water partition coefficient (Wildman–Crippen LogP) is 3.45. The maximum Gasteiger partial charge on any atom is 0.244 e. The summed E-state index contributed by atoms with van der Waals surface area (Å²) < 4.78 is 20.6. The Bertz CT molecular complexity index is 951. The second-order valence-electron chi connectivity index (χ2n) is 6.23. The second-order valence-corrected chi connectivity index (χ2v) is 6.23. The van der Waals surface area contributed by atoms with Crippen LogP contribution >= 0.6 is 0 Å². The highest BCUT2D eigenvalue weighted by molar-refractivity contribution is 5.91. The number of carbonyl (C=O) groups is 1. The zero-order chi connectivity index (χ0) is 19.8. The van der Waals surface area contributed by atoms with Crippen molar-refractivity contribution in [1.29, 1.82) is 0 Å². The largest absolute Gasteiger partial charge is 0.494 e. The smallest absolute Gasteiger partial charge is 0.244 e. The Morgan fingerprint density at radius 1 is 1.25 bits per heavy atom. The fourth-order valence-corrected chi connectivity index (χ4v) is 2.81. The SMILES string of the molecule is COc1ccc(/C=C/C(=O)NCCc2nccn2Cc2ccccc2)cc1F. The molecular formula is C22H22FN3O2. The van der Waals surface area contributed by atoms with Gasteiger partial charge in [-0.05, 0) is 29.3 Å². The van der Waals surface area contributed by atoms with E-state index < -0.39 is 5.82 Å².